The SMILES string of the molecule is CC(C)[C@H]1C(=O)N(S(C)(=O)=O)[C@H]2CCN(C(=O)c3ccc(CN4CCN(c5ccccc5)CC4)o3)[C@H]12.Cl. The number of nitrogens with zero attached hydrogens (tertiary/aromatic N) is 4. The second kappa shape index (κ2) is 10.7. The van der Waals surface area contributed by atoms with Crippen molar-refractivity contribution in [1.82, 2.24) is 14.1 Å². The molecule has 11 heteroatoms. The fourth-order valence-corrected chi connectivity index (χ4v) is 7.18. The molecule has 0 unspecified atom stereocenters. The van der Waals surface area contributed by atoms with Crippen LogP contribution in [0.4, 0.5) is 5.69 Å². The summed E-state index contributed by atoms with van der Waals surface area (Å²) in [6.45, 7) is 8.46. The van der Waals surface area contributed by atoms with E-state index in [0.29, 0.717) is 19.5 Å². The van der Waals surface area contributed by atoms with Crippen LogP contribution in [0.3, 0.4) is 0 Å². The summed E-state index contributed by atoms with van der Waals surface area (Å²) in [6, 6.07) is 12.9. The Bertz CT molecular complexity index is 1230. The topological polar surface area (TPSA) is 94.4 Å². The molecule has 0 aliphatic carbocycles. The van der Waals surface area contributed by atoms with E-state index < -0.39 is 33.9 Å². The lowest BCUT2D eigenvalue weighted by Crippen LogP contribution is -2.45. The monoisotopic (exact) mass is 550 g/mol. The van der Waals surface area contributed by atoms with Gasteiger partial charge >= 0.3 is 0 Å². The fraction of sp³-hybridized carbons (Fsp3) is 0.538. The van der Waals surface area contributed by atoms with E-state index in [1.165, 1.54) is 5.69 Å². The number of likely N-dealkylation sites (tertiary alicyclic amines) is 1. The summed E-state index contributed by atoms with van der Waals surface area (Å²) in [5.74, 6) is -0.367. The summed E-state index contributed by atoms with van der Waals surface area (Å²) < 4.78 is 31.7. The number of benzene rings is 1. The van der Waals surface area contributed by atoms with Crippen LogP contribution in [0.1, 0.15) is 36.6 Å². The molecule has 0 radical (unpaired) electrons. The largest absolute Gasteiger partial charge is 0.455 e. The summed E-state index contributed by atoms with van der Waals surface area (Å²) in [6.07, 6.45) is 1.51. The molecule has 9 nitrogen and oxygen atoms in total. The van der Waals surface area contributed by atoms with Gasteiger partial charge < -0.3 is 14.2 Å². The lowest BCUT2D eigenvalue weighted by atomic mass is 9.88. The molecule has 202 valence electrons. The molecule has 4 heterocycles. The lowest BCUT2D eigenvalue weighted by Gasteiger charge is -2.35. The van der Waals surface area contributed by atoms with E-state index in [2.05, 4.69) is 34.1 Å². The zero-order chi connectivity index (χ0) is 25.6. The van der Waals surface area contributed by atoms with Gasteiger partial charge in [-0.2, -0.15) is 0 Å². The first kappa shape index (κ1) is 27.5. The third kappa shape index (κ3) is 5.24. The second-order valence-corrected chi connectivity index (χ2v) is 12.2. The van der Waals surface area contributed by atoms with Gasteiger partial charge in [-0.25, -0.2) is 12.7 Å². The number of halogens is 1. The van der Waals surface area contributed by atoms with Gasteiger partial charge in [0.15, 0.2) is 5.76 Å². The van der Waals surface area contributed by atoms with Crippen LogP contribution in [0.15, 0.2) is 46.9 Å². The first-order valence-electron chi connectivity index (χ1n) is 12.6. The first-order valence-corrected chi connectivity index (χ1v) is 14.5. The number of piperazine rings is 1. The van der Waals surface area contributed by atoms with Crippen molar-refractivity contribution < 1.29 is 22.4 Å². The summed E-state index contributed by atoms with van der Waals surface area (Å²) in [5, 5.41) is 0. The van der Waals surface area contributed by atoms with Gasteiger partial charge in [0.25, 0.3) is 5.91 Å². The Morgan fingerprint density at radius 1 is 1.03 bits per heavy atom. The van der Waals surface area contributed by atoms with Gasteiger partial charge in [0.05, 0.1) is 30.8 Å². The van der Waals surface area contributed by atoms with Gasteiger partial charge in [-0.15, -0.1) is 12.4 Å². The van der Waals surface area contributed by atoms with Crippen molar-refractivity contribution >= 4 is 39.9 Å². The third-order valence-corrected chi connectivity index (χ3v) is 8.84. The molecule has 5 rings (SSSR count). The molecule has 0 N–H and O–H groups in total. The van der Waals surface area contributed by atoms with Crippen LogP contribution in [0.2, 0.25) is 0 Å². The predicted molar refractivity (Wildman–Crippen MR) is 143 cm³/mol. The van der Waals surface area contributed by atoms with Crippen LogP contribution in [-0.4, -0.2) is 85.4 Å². The molecular formula is C26H35ClN4O5S. The fourth-order valence-electron chi connectivity index (χ4n) is 6.01. The van der Waals surface area contributed by atoms with Gasteiger partial charge in [-0.05, 0) is 36.6 Å². The van der Waals surface area contributed by atoms with E-state index >= 15 is 0 Å². The number of hydrogen-bond donors (Lipinski definition) is 0. The average Bonchev–Trinajstić information content (AvgIpc) is 3.53. The lowest BCUT2D eigenvalue weighted by molar-refractivity contribution is -0.129. The molecule has 1 aromatic heterocycles. The van der Waals surface area contributed by atoms with Crippen molar-refractivity contribution in [3.05, 3.63) is 54.0 Å². The molecule has 2 aromatic rings. The highest BCUT2D eigenvalue weighted by Crippen LogP contribution is 2.41. The zero-order valence-electron chi connectivity index (χ0n) is 21.4. The summed E-state index contributed by atoms with van der Waals surface area (Å²) in [4.78, 5) is 32.8. The maximum atomic E-state index is 13.5. The molecular weight excluding hydrogens is 516 g/mol. The number of anilines is 1. The van der Waals surface area contributed by atoms with Crippen molar-refractivity contribution in [2.24, 2.45) is 11.8 Å². The van der Waals surface area contributed by atoms with Crippen molar-refractivity contribution in [2.75, 3.05) is 43.9 Å². The quantitative estimate of drug-likeness (QED) is 0.546. The average molecular weight is 551 g/mol. The Morgan fingerprint density at radius 2 is 1.70 bits per heavy atom. The Hall–Kier alpha value is -2.56. The number of carbonyl (C=O) groups excluding carboxylic acids is 2. The maximum Gasteiger partial charge on any atom is 0.289 e. The molecule has 0 saturated carbocycles. The number of amides is 2. The molecule has 3 saturated heterocycles. The molecule has 3 aliphatic heterocycles. The highest BCUT2D eigenvalue weighted by molar-refractivity contribution is 7.88. The van der Waals surface area contributed by atoms with Gasteiger partial charge in [0.2, 0.25) is 15.9 Å². The number of rotatable bonds is 6. The molecule has 3 fully saturated rings. The van der Waals surface area contributed by atoms with Gasteiger partial charge in [-0.1, -0.05) is 32.0 Å². The molecule has 3 aliphatic rings. The van der Waals surface area contributed by atoms with Crippen LogP contribution in [0, 0.1) is 11.8 Å². The smallest absolute Gasteiger partial charge is 0.289 e. The standard InChI is InChI=1S/C26H34N4O5S.ClH/c1-18(2)23-24-21(30(26(23)32)36(3,33)34)11-12-29(24)25(31)22-10-9-20(35-22)17-27-13-15-28(16-14-27)19-7-5-4-6-8-19;/h4-10,18,21,23-24H,11-17H2,1-3H3;1H/t21-,23+,24-;/m0./s1. The van der Waals surface area contributed by atoms with Crippen molar-refractivity contribution in [1.29, 1.82) is 0 Å². The molecule has 1 aromatic carbocycles. The van der Waals surface area contributed by atoms with E-state index in [4.69, 9.17) is 4.42 Å². The number of para-hydroxylation sites is 1. The Morgan fingerprint density at radius 3 is 2.32 bits per heavy atom. The Balaban J connectivity index is 0.00000320. The second-order valence-electron chi connectivity index (χ2n) is 10.4. The van der Waals surface area contributed by atoms with Crippen LogP contribution in [-0.2, 0) is 21.4 Å². The summed E-state index contributed by atoms with van der Waals surface area (Å²) >= 11 is 0. The Kier molecular flexibility index (Phi) is 7.92. The number of sulfonamides is 1. The van der Waals surface area contributed by atoms with Crippen molar-refractivity contribution in [2.45, 2.75) is 38.9 Å². The minimum atomic E-state index is -3.71. The molecule has 0 spiro atoms. The predicted octanol–water partition coefficient (Wildman–Crippen LogP) is 2.68. The highest BCUT2D eigenvalue weighted by Gasteiger charge is 2.58. The zero-order valence-corrected chi connectivity index (χ0v) is 23.1. The van der Waals surface area contributed by atoms with Gasteiger partial charge in [-0.3, -0.25) is 14.5 Å². The van der Waals surface area contributed by atoms with Crippen LogP contribution in [0.5, 0.6) is 0 Å². The van der Waals surface area contributed by atoms with E-state index in [1.54, 1.807) is 11.0 Å². The van der Waals surface area contributed by atoms with Crippen LogP contribution >= 0.6 is 12.4 Å². The van der Waals surface area contributed by atoms with E-state index in [0.717, 1.165) is 42.5 Å². The van der Waals surface area contributed by atoms with E-state index in [-0.39, 0.29) is 30.0 Å². The Labute approximate surface area is 224 Å². The first-order chi connectivity index (χ1) is 17.1. The minimum Gasteiger partial charge on any atom is -0.455 e. The van der Waals surface area contributed by atoms with Crippen LogP contribution in [0.25, 0.3) is 0 Å². The number of furan rings is 1. The minimum absolute atomic E-state index is 0. The molecule has 3 atom stereocenters. The highest BCUT2D eigenvalue weighted by atomic mass is 35.5. The number of hydrogen-bond acceptors (Lipinski definition) is 7. The van der Waals surface area contributed by atoms with Gasteiger partial charge in [0.1, 0.15) is 5.76 Å². The van der Waals surface area contributed by atoms with E-state index in [1.807, 2.05) is 26.0 Å². The third-order valence-electron chi connectivity index (χ3n) is 7.67. The molecule has 37 heavy (non-hydrogen) atoms. The summed E-state index contributed by atoms with van der Waals surface area (Å²) in [5.41, 5.74) is 1.23. The summed E-state index contributed by atoms with van der Waals surface area (Å²) in [7, 11) is -3.71. The van der Waals surface area contributed by atoms with Crippen LogP contribution < -0.4 is 4.90 Å². The normalized spacial score (nSPS) is 24.5. The molecule has 2 amide bonds. The number of carbonyl (C=O) groups is 2. The number of fused-ring (bicyclic) bond motifs is 1. The van der Waals surface area contributed by atoms with Crippen molar-refractivity contribution in [3.8, 4) is 0 Å². The van der Waals surface area contributed by atoms with Crippen molar-refractivity contribution in [3.63, 3.8) is 0 Å². The van der Waals surface area contributed by atoms with Gasteiger partial charge in [0, 0.05) is 38.4 Å². The van der Waals surface area contributed by atoms with E-state index in [9.17, 15) is 18.0 Å². The molecule has 0 bridgehead atoms. The maximum absolute atomic E-state index is 13.5.